The summed E-state index contributed by atoms with van der Waals surface area (Å²) in [6, 6.07) is 0. The van der Waals surface area contributed by atoms with Crippen molar-refractivity contribution in [1.82, 2.24) is 0 Å². The third-order valence-corrected chi connectivity index (χ3v) is 17.7. The average molecular weight is 1010 g/mol. The molecule has 0 nitrogen and oxygen atoms in total. The third-order valence-electron chi connectivity index (χ3n) is 17.7. The molecule has 7 aliphatic rings. The summed E-state index contributed by atoms with van der Waals surface area (Å²) in [6.45, 7) is 24.8. The first-order chi connectivity index (χ1) is 32.7. The zero-order valence-corrected chi connectivity index (χ0v) is 49.4. The lowest BCUT2D eigenvalue weighted by Crippen LogP contribution is -2.18. The molecule has 0 aromatic heterocycles. The van der Waals surface area contributed by atoms with Gasteiger partial charge < -0.3 is 0 Å². The highest BCUT2D eigenvalue weighted by Gasteiger charge is 2.23. The summed E-state index contributed by atoms with van der Waals surface area (Å²) in [7, 11) is 0. The molecule has 0 aliphatic heterocycles. The van der Waals surface area contributed by atoms with Crippen LogP contribution < -0.4 is 0 Å². The lowest BCUT2D eigenvalue weighted by Gasteiger charge is -2.31. The van der Waals surface area contributed by atoms with Gasteiger partial charge in [-0.3, -0.25) is 0 Å². The molecule has 0 spiro atoms. The van der Waals surface area contributed by atoms with Crippen LogP contribution in [-0.4, -0.2) is 0 Å². The maximum atomic E-state index is 2.45. The van der Waals surface area contributed by atoms with Crippen LogP contribution in [0.25, 0.3) is 0 Å². The third kappa shape index (κ3) is 53.2. The maximum Gasteiger partial charge on any atom is -0.0386 e. The molecule has 0 heterocycles. The molecule has 0 saturated heterocycles. The Balaban J connectivity index is -0.000000244. The first kappa shape index (κ1) is 79.9. The predicted molar refractivity (Wildman–Crippen MR) is 338 cm³/mol. The largest absolute Gasteiger partial charge is 0.0776 e. The van der Waals surface area contributed by atoms with Crippen LogP contribution >= 0.6 is 0 Å². The minimum atomic E-state index is 0. The Kier molecular flexibility index (Phi) is 68.5. The number of rotatable bonds is 1. The van der Waals surface area contributed by atoms with Gasteiger partial charge in [0.1, 0.15) is 0 Å². The summed E-state index contributed by atoms with van der Waals surface area (Å²) in [6.07, 6.45) is 70.4. The van der Waals surface area contributed by atoms with Crippen molar-refractivity contribution in [2.24, 2.45) is 53.3 Å². The van der Waals surface area contributed by atoms with E-state index in [9.17, 15) is 0 Å². The summed E-state index contributed by atoms with van der Waals surface area (Å²) in [5.41, 5.74) is 0. The van der Waals surface area contributed by atoms with Gasteiger partial charge in [0.15, 0.2) is 0 Å². The standard InChI is InChI=1S/C17H32.C10H20.4C9H18.2C2H6.4CH4/c1-15-9-7-13-17(14-8-10-15)16-11-5-3-2-4-6-12-16;1-9-5-3-7-10(2)8-4-6-9;4*1-9-7-5-3-2-4-6-8-9;2*1-2;;;;/h15-17H,2-14H2,1H3;9-10H,3-8H2,1-2H3;4*9H,2-8H2,1H3;2*1-2H3;4*1H4. The van der Waals surface area contributed by atoms with Crippen molar-refractivity contribution in [3.63, 3.8) is 0 Å². The summed E-state index contributed by atoms with van der Waals surface area (Å²) in [4.78, 5) is 0. The Morgan fingerprint density at radius 2 is 0.239 bits per heavy atom. The van der Waals surface area contributed by atoms with Gasteiger partial charge in [-0.2, -0.15) is 0 Å². The zero-order chi connectivity index (χ0) is 49.4. The molecule has 0 unspecified atom stereocenters. The van der Waals surface area contributed by atoms with E-state index in [0.29, 0.717) is 0 Å². The SMILES string of the molecule is C.C.C.C.CC.CC.CC1CCCC(C)CCC1.CC1CCCC(C2CCCCCCC2)CCC1.CC1CCCCCCC1.CC1CCCCCCC1.CC1CCCCCCC1.CC1CCCCCCC1. The predicted octanol–water partition coefficient (Wildman–Crippen LogP) is 27.6. The number of hydrogen-bond acceptors (Lipinski definition) is 0. The van der Waals surface area contributed by atoms with Gasteiger partial charge in [0.2, 0.25) is 0 Å². The Hall–Kier alpha value is 0. The molecular weight excluding hydrogens is 853 g/mol. The second-order valence-electron chi connectivity index (χ2n) is 24.7. The van der Waals surface area contributed by atoms with Crippen LogP contribution in [0.2, 0.25) is 0 Å². The quantitative estimate of drug-likeness (QED) is 0.246. The van der Waals surface area contributed by atoms with E-state index in [4.69, 9.17) is 0 Å². The second-order valence-corrected chi connectivity index (χ2v) is 24.7. The van der Waals surface area contributed by atoms with Crippen molar-refractivity contribution in [3.05, 3.63) is 0 Å². The lowest BCUT2D eigenvalue weighted by molar-refractivity contribution is 0.210. The van der Waals surface area contributed by atoms with Crippen molar-refractivity contribution >= 4 is 0 Å². The molecule has 0 heteroatoms. The molecule has 0 atom stereocenters. The van der Waals surface area contributed by atoms with E-state index in [1.54, 1.807) is 25.7 Å². The molecule has 0 amide bonds. The van der Waals surface area contributed by atoms with Gasteiger partial charge >= 0.3 is 0 Å². The molecule has 0 radical (unpaired) electrons. The minimum absolute atomic E-state index is 0. The molecule has 7 rings (SSSR count). The van der Waals surface area contributed by atoms with Crippen LogP contribution in [0.15, 0.2) is 0 Å². The second kappa shape index (κ2) is 60.9. The van der Waals surface area contributed by atoms with E-state index >= 15 is 0 Å². The van der Waals surface area contributed by atoms with E-state index in [2.05, 4.69) is 48.5 Å². The fourth-order valence-electron chi connectivity index (χ4n) is 12.7. The highest BCUT2D eigenvalue weighted by molar-refractivity contribution is 4.75. The average Bonchev–Trinajstić information content (AvgIpc) is 3.27. The van der Waals surface area contributed by atoms with Crippen molar-refractivity contribution in [1.29, 1.82) is 0 Å². The molecule has 7 saturated carbocycles. The first-order valence-electron chi connectivity index (χ1n) is 32.7. The summed E-state index contributed by atoms with van der Waals surface area (Å²) in [5, 5.41) is 0. The fraction of sp³-hybridized carbons (Fsp3) is 1.00. The Labute approximate surface area is 458 Å². The van der Waals surface area contributed by atoms with Crippen LogP contribution in [0.5, 0.6) is 0 Å². The lowest BCUT2D eigenvalue weighted by atomic mass is 9.75. The van der Waals surface area contributed by atoms with Crippen molar-refractivity contribution in [2.45, 2.75) is 408 Å². The topological polar surface area (TPSA) is 0 Å². The van der Waals surface area contributed by atoms with E-state index < -0.39 is 0 Å². The highest BCUT2D eigenvalue weighted by atomic mass is 14.3. The Bertz CT molecular complexity index is 769. The van der Waals surface area contributed by atoms with Gasteiger partial charge in [0.25, 0.3) is 0 Å². The molecular formula is C71H152. The van der Waals surface area contributed by atoms with E-state index in [1.165, 1.54) is 276 Å². The molecule has 436 valence electrons. The van der Waals surface area contributed by atoms with Crippen LogP contribution in [-0.2, 0) is 0 Å². The maximum absolute atomic E-state index is 2.45. The van der Waals surface area contributed by atoms with Gasteiger partial charge in [0.05, 0.1) is 0 Å². The minimum Gasteiger partial charge on any atom is -0.0776 e. The van der Waals surface area contributed by atoms with Crippen LogP contribution in [0.1, 0.15) is 408 Å². The Morgan fingerprint density at radius 1 is 0.141 bits per heavy atom. The van der Waals surface area contributed by atoms with Crippen molar-refractivity contribution < 1.29 is 0 Å². The van der Waals surface area contributed by atoms with Gasteiger partial charge in [-0.15, -0.1) is 0 Å². The molecule has 0 aromatic carbocycles. The molecule has 0 aromatic rings. The molecule has 71 heavy (non-hydrogen) atoms. The summed E-state index contributed by atoms with van der Waals surface area (Å²) in [5.74, 6) is 9.30. The van der Waals surface area contributed by atoms with Gasteiger partial charge in [-0.05, 0) is 53.3 Å². The van der Waals surface area contributed by atoms with Crippen LogP contribution in [0, 0.1) is 53.3 Å². The molecule has 7 fully saturated rings. The molecule has 7 aliphatic carbocycles. The summed E-state index contributed by atoms with van der Waals surface area (Å²) >= 11 is 0. The fourth-order valence-corrected chi connectivity index (χ4v) is 12.7. The number of hydrogen-bond donors (Lipinski definition) is 0. The first-order valence-corrected chi connectivity index (χ1v) is 32.7. The van der Waals surface area contributed by atoms with Crippen molar-refractivity contribution in [2.75, 3.05) is 0 Å². The van der Waals surface area contributed by atoms with Gasteiger partial charge in [-0.25, -0.2) is 0 Å². The van der Waals surface area contributed by atoms with Gasteiger partial charge in [-0.1, -0.05) is 408 Å². The zero-order valence-electron chi connectivity index (χ0n) is 49.4. The van der Waals surface area contributed by atoms with Crippen LogP contribution in [0.4, 0.5) is 0 Å². The van der Waals surface area contributed by atoms with Crippen molar-refractivity contribution in [3.8, 4) is 0 Å². The molecule has 0 N–H and O–H groups in total. The van der Waals surface area contributed by atoms with E-state index in [-0.39, 0.29) is 29.7 Å². The monoisotopic (exact) mass is 1010 g/mol. The van der Waals surface area contributed by atoms with E-state index in [0.717, 1.165) is 53.3 Å². The van der Waals surface area contributed by atoms with Gasteiger partial charge in [0, 0.05) is 0 Å². The Morgan fingerprint density at radius 3 is 0.408 bits per heavy atom. The summed E-state index contributed by atoms with van der Waals surface area (Å²) < 4.78 is 0. The highest BCUT2D eigenvalue weighted by Crippen LogP contribution is 2.37. The normalized spacial score (nSPS) is 26.2. The van der Waals surface area contributed by atoms with E-state index in [1.807, 2.05) is 27.7 Å². The van der Waals surface area contributed by atoms with Crippen LogP contribution in [0.3, 0.4) is 0 Å². The molecule has 0 bridgehead atoms. The smallest absolute Gasteiger partial charge is 0.0386 e.